The first kappa shape index (κ1) is 13.7. The molecule has 1 heterocycles. The smallest absolute Gasteiger partial charge is 0.405 e. The molecule has 0 aliphatic rings. The molecule has 1 aromatic heterocycles. The van der Waals surface area contributed by atoms with Gasteiger partial charge in [0.2, 0.25) is 0 Å². The normalized spacial score (nSPS) is 12.1. The molecule has 0 saturated heterocycles. The van der Waals surface area contributed by atoms with E-state index in [4.69, 9.17) is 4.74 Å². The van der Waals surface area contributed by atoms with Gasteiger partial charge >= 0.3 is 6.36 Å². The predicted octanol–water partition coefficient (Wildman–Crippen LogP) is 3.33. The molecule has 0 aliphatic carbocycles. The molecular weight excluding hydrogens is 266 g/mol. The lowest BCUT2D eigenvalue weighted by Gasteiger charge is -2.10. The molecule has 0 radical (unpaired) electrons. The maximum absolute atomic E-state index is 13.7. The third-order valence-corrected chi connectivity index (χ3v) is 2.60. The molecule has 0 N–H and O–H groups in total. The minimum Gasteiger partial charge on any atom is -0.405 e. The van der Waals surface area contributed by atoms with Crippen molar-refractivity contribution < 1.29 is 27.0 Å². The third kappa shape index (κ3) is 2.98. The Bertz CT molecular complexity index is 577. The van der Waals surface area contributed by atoms with E-state index < -0.39 is 18.1 Å². The van der Waals surface area contributed by atoms with Crippen LogP contribution in [-0.2, 0) is 11.3 Å². The van der Waals surface area contributed by atoms with Gasteiger partial charge in [0.15, 0.2) is 5.95 Å². The van der Waals surface area contributed by atoms with Gasteiger partial charge in [-0.1, -0.05) is 6.07 Å². The third-order valence-electron chi connectivity index (χ3n) is 2.60. The van der Waals surface area contributed by atoms with Crippen LogP contribution in [0.4, 0.5) is 17.6 Å². The molecule has 2 aromatic rings. The summed E-state index contributed by atoms with van der Waals surface area (Å²) >= 11 is 0. The Hall–Kier alpha value is -1.76. The van der Waals surface area contributed by atoms with Gasteiger partial charge in [-0.2, -0.15) is 4.39 Å². The highest BCUT2D eigenvalue weighted by Gasteiger charge is 2.32. The molecule has 0 fully saturated rings. The van der Waals surface area contributed by atoms with E-state index in [1.165, 1.54) is 23.8 Å². The number of benzene rings is 1. The number of nitrogens with zero attached hydrogens (tertiary/aromatic N) is 1. The standard InChI is InChI=1S/C12H11F4NO2/c1-18-6-5-17-9-3-2-4-10(19-12(14,15)16)8(9)7-11(17)13/h2-4,7H,5-6H2,1H3. The zero-order chi connectivity index (χ0) is 14.0. The van der Waals surface area contributed by atoms with Crippen LogP contribution < -0.4 is 4.74 Å². The van der Waals surface area contributed by atoms with E-state index in [1.54, 1.807) is 0 Å². The number of methoxy groups -OCH3 is 1. The Morgan fingerprint density at radius 1 is 1.26 bits per heavy atom. The second-order valence-corrected chi connectivity index (χ2v) is 3.85. The van der Waals surface area contributed by atoms with Crippen LogP contribution in [-0.4, -0.2) is 24.6 Å². The summed E-state index contributed by atoms with van der Waals surface area (Å²) in [5, 5.41) is 0.0772. The Kier molecular flexibility index (Phi) is 3.66. The first-order valence-electron chi connectivity index (χ1n) is 5.45. The van der Waals surface area contributed by atoms with E-state index in [2.05, 4.69) is 4.74 Å². The molecule has 0 atom stereocenters. The van der Waals surface area contributed by atoms with Crippen LogP contribution in [0.5, 0.6) is 5.75 Å². The topological polar surface area (TPSA) is 23.4 Å². The monoisotopic (exact) mass is 277 g/mol. The summed E-state index contributed by atoms with van der Waals surface area (Å²) in [5.41, 5.74) is 0.330. The molecular formula is C12H11F4NO2. The maximum Gasteiger partial charge on any atom is 0.573 e. The van der Waals surface area contributed by atoms with Gasteiger partial charge in [0.1, 0.15) is 5.75 Å². The highest BCUT2D eigenvalue weighted by Crippen LogP contribution is 2.32. The number of alkyl halides is 3. The molecule has 3 nitrogen and oxygen atoms in total. The number of rotatable bonds is 4. The fraction of sp³-hybridized carbons (Fsp3) is 0.333. The van der Waals surface area contributed by atoms with Crippen molar-refractivity contribution in [2.24, 2.45) is 0 Å². The Morgan fingerprint density at radius 2 is 2.00 bits per heavy atom. The molecule has 0 bridgehead atoms. The summed E-state index contributed by atoms with van der Waals surface area (Å²) < 4.78 is 60.4. The van der Waals surface area contributed by atoms with Crippen LogP contribution in [0.2, 0.25) is 0 Å². The van der Waals surface area contributed by atoms with Crippen molar-refractivity contribution >= 4 is 10.9 Å². The highest BCUT2D eigenvalue weighted by atomic mass is 19.4. The fourth-order valence-corrected chi connectivity index (χ4v) is 1.85. The lowest BCUT2D eigenvalue weighted by atomic mass is 10.2. The lowest BCUT2D eigenvalue weighted by Crippen LogP contribution is -2.17. The molecule has 0 saturated carbocycles. The first-order valence-corrected chi connectivity index (χ1v) is 5.45. The zero-order valence-corrected chi connectivity index (χ0v) is 10.00. The lowest BCUT2D eigenvalue weighted by molar-refractivity contribution is -0.274. The summed E-state index contributed by atoms with van der Waals surface area (Å²) in [7, 11) is 1.46. The van der Waals surface area contributed by atoms with E-state index in [0.29, 0.717) is 5.52 Å². The van der Waals surface area contributed by atoms with Crippen LogP contribution in [0.25, 0.3) is 10.9 Å². The van der Waals surface area contributed by atoms with Crippen LogP contribution in [0.15, 0.2) is 24.3 Å². The predicted molar refractivity (Wildman–Crippen MR) is 60.5 cm³/mol. The molecule has 2 rings (SSSR count). The molecule has 0 aliphatic heterocycles. The molecule has 0 unspecified atom stereocenters. The summed E-state index contributed by atoms with van der Waals surface area (Å²) in [5.74, 6) is -1.05. The summed E-state index contributed by atoms with van der Waals surface area (Å²) in [6.45, 7) is 0.465. The Morgan fingerprint density at radius 3 is 2.63 bits per heavy atom. The number of aromatic nitrogens is 1. The van der Waals surface area contributed by atoms with Crippen molar-refractivity contribution in [1.82, 2.24) is 4.57 Å². The average Bonchev–Trinajstić information content (AvgIpc) is 2.62. The van der Waals surface area contributed by atoms with Crippen LogP contribution in [0, 0.1) is 5.95 Å². The summed E-state index contributed by atoms with van der Waals surface area (Å²) in [4.78, 5) is 0. The van der Waals surface area contributed by atoms with Crippen LogP contribution >= 0.6 is 0 Å². The van der Waals surface area contributed by atoms with Gasteiger partial charge in [-0.25, -0.2) is 0 Å². The van der Waals surface area contributed by atoms with E-state index in [9.17, 15) is 17.6 Å². The molecule has 0 amide bonds. The fourth-order valence-electron chi connectivity index (χ4n) is 1.85. The number of ether oxygens (including phenoxy) is 2. The second kappa shape index (κ2) is 5.08. The minimum absolute atomic E-state index is 0.0772. The molecule has 0 spiro atoms. The van der Waals surface area contributed by atoms with Crippen LogP contribution in [0.3, 0.4) is 0 Å². The van der Waals surface area contributed by atoms with Gasteiger partial charge in [0.05, 0.1) is 12.1 Å². The molecule has 7 heteroatoms. The first-order chi connectivity index (χ1) is 8.92. The largest absolute Gasteiger partial charge is 0.573 e. The van der Waals surface area contributed by atoms with E-state index in [-0.39, 0.29) is 18.5 Å². The zero-order valence-electron chi connectivity index (χ0n) is 10.00. The number of fused-ring (bicyclic) bond motifs is 1. The van der Waals surface area contributed by atoms with Gasteiger partial charge in [-0.3, -0.25) is 0 Å². The van der Waals surface area contributed by atoms with E-state index >= 15 is 0 Å². The SMILES string of the molecule is COCCn1c(F)cc2c(OC(F)(F)F)cccc21. The molecule has 1 aromatic carbocycles. The minimum atomic E-state index is -4.81. The Labute approximate surface area is 106 Å². The number of hydrogen-bond acceptors (Lipinski definition) is 2. The summed E-state index contributed by atoms with van der Waals surface area (Å²) in [6, 6.07) is 5.07. The van der Waals surface area contributed by atoms with Crippen molar-refractivity contribution in [2.75, 3.05) is 13.7 Å². The second-order valence-electron chi connectivity index (χ2n) is 3.85. The van der Waals surface area contributed by atoms with Crippen molar-refractivity contribution in [3.05, 3.63) is 30.2 Å². The van der Waals surface area contributed by atoms with Crippen molar-refractivity contribution in [1.29, 1.82) is 0 Å². The van der Waals surface area contributed by atoms with Gasteiger partial charge < -0.3 is 14.0 Å². The number of hydrogen-bond donors (Lipinski definition) is 0. The molecule has 104 valence electrons. The van der Waals surface area contributed by atoms with Gasteiger partial charge in [-0.15, -0.1) is 13.2 Å². The van der Waals surface area contributed by atoms with Gasteiger partial charge in [0.25, 0.3) is 0 Å². The van der Waals surface area contributed by atoms with Gasteiger partial charge in [-0.05, 0) is 12.1 Å². The van der Waals surface area contributed by atoms with Crippen LogP contribution in [0.1, 0.15) is 0 Å². The highest BCUT2D eigenvalue weighted by molar-refractivity contribution is 5.86. The Balaban J connectivity index is 2.46. The van der Waals surface area contributed by atoms with Crippen molar-refractivity contribution in [3.63, 3.8) is 0 Å². The number of halogens is 4. The van der Waals surface area contributed by atoms with Gasteiger partial charge in [0, 0.05) is 25.1 Å². The molecule has 19 heavy (non-hydrogen) atoms. The van der Waals surface area contributed by atoms with E-state index in [0.717, 1.165) is 12.1 Å². The van der Waals surface area contributed by atoms with E-state index in [1.807, 2.05) is 0 Å². The van der Waals surface area contributed by atoms with Crippen molar-refractivity contribution in [2.45, 2.75) is 12.9 Å². The summed E-state index contributed by atoms with van der Waals surface area (Å²) in [6.07, 6.45) is -4.81. The average molecular weight is 277 g/mol. The quantitative estimate of drug-likeness (QED) is 0.800. The maximum atomic E-state index is 13.7. The van der Waals surface area contributed by atoms with Crippen molar-refractivity contribution in [3.8, 4) is 5.75 Å².